The fourth-order valence-electron chi connectivity index (χ4n) is 2.44. The molecule has 2 heterocycles. The molecule has 2 aliphatic heterocycles. The summed E-state index contributed by atoms with van der Waals surface area (Å²) >= 11 is 4.92. The van der Waals surface area contributed by atoms with Crippen LogP contribution in [0.1, 0.15) is 25.3 Å². The predicted octanol–water partition coefficient (Wildman–Crippen LogP) is 4.15. The Morgan fingerprint density at radius 2 is 1.95 bits per heavy atom. The Labute approximate surface area is 137 Å². The topological polar surface area (TPSA) is 32.7 Å². The van der Waals surface area contributed by atoms with Gasteiger partial charge in [-0.3, -0.25) is 4.79 Å². The van der Waals surface area contributed by atoms with Gasteiger partial charge in [0.05, 0.1) is 4.91 Å². The second kappa shape index (κ2) is 6.36. The van der Waals surface area contributed by atoms with E-state index in [1.54, 1.807) is 0 Å². The molecule has 0 aromatic heterocycles. The van der Waals surface area contributed by atoms with Gasteiger partial charge in [-0.15, -0.1) is 0 Å². The molecule has 110 valence electrons. The highest BCUT2D eigenvalue weighted by molar-refractivity contribution is 9.10. The van der Waals surface area contributed by atoms with Gasteiger partial charge >= 0.3 is 0 Å². The lowest BCUT2D eigenvalue weighted by molar-refractivity contribution is -0.113. The van der Waals surface area contributed by atoms with Gasteiger partial charge in [-0.25, -0.2) is 0 Å². The summed E-state index contributed by atoms with van der Waals surface area (Å²) in [6.07, 6.45) is 4.28. The third-order valence-electron chi connectivity index (χ3n) is 3.83. The number of carbonyl (C=O) groups excluding carboxylic acids is 1. The summed E-state index contributed by atoms with van der Waals surface area (Å²) in [6.45, 7) is 4.29. The van der Waals surface area contributed by atoms with Crippen molar-refractivity contribution in [1.29, 1.82) is 0 Å². The predicted molar refractivity (Wildman–Crippen MR) is 92.1 cm³/mol. The Bertz CT molecular complexity index is 601. The maximum Gasteiger partial charge on any atom is 0.286 e. The van der Waals surface area contributed by atoms with E-state index in [1.807, 2.05) is 30.3 Å². The van der Waals surface area contributed by atoms with Crippen molar-refractivity contribution in [3.63, 3.8) is 0 Å². The van der Waals surface area contributed by atoms with E-state index in [0.29, 0.717) is 4.91 Å². The summed E-state index contributed by atoms with van der Waals surface area (Å²) in [7, 11) is 0. The van der Waals surface area contributed by atoms with Crippen molar-refractivity contribution in [3.8, 4) is 0 Å². The third kappa shape index (κ3) is 3.58. The normalized spacial score (nSPS) is 22.0. The van der Waals surface area contributed by atoms with Gasteiger partial charge < -0.3 is 4.90 Å². The number of amidine groups is 1. The van der Waals surface area contributed by atoms with Crippen LogP contribution in [0.2, 0.25) is 0 Å². The van der Waals surface area contributed by atoms with Crippen molar-refractivity contribution in [1.82, 2.24) is 4.90 Å². The standard InChI is InChI=1S/C16H17BrN2OS/c1-11-6-8-19(9-7-11)16-18-15(20)14(21-16)10-12-2-4-13(17)5-3-12/h2-5,10-11H,6-9H2,1H3/b14-10+. The number of likely N-dealkylation sites (tertiary alicyclic amines) is 1. The summed E-state index contributed by atoms with van der Waals surface area (Å²) < 4.78 is 1.04. The molecule has 3 nitrogen and oxygen atoms in total. The van der Waals surface area contributed by atoms with Crippen LogP contribution in [0.25, 0.3) is 6.08 Å². The van der Waals surface area contributed by atoms with E-state index in [0.717, 1.165) is 34.2 Å². The third-order valence-corrected chi connectivity index (χ3v) is 5.40. The molecule has 0 bridgehead atoms. The first-order chi connectivity index (χ1) is 10.1. The Morgan fingerprint density at radius 3 is 2.62 bits per heavy atom. The van der Waals surface area contributed by atoms with Gasteiger partial charge in [-0.1, -0.05) is 35.0 Å². The maximum atomic E-state index is 12.1. The van der Waals surface area contributed by atoms with Crippen molar-refractivity contribution in [3.05, 3.63) is 39.2 Å². The molecule has 1 saturated heterocycles. The van der Waals surface area contributed by atoms with Gasteiger partial charge in [0.25, 0.3) is 5.91 Å². The second-order valence-corrected chi connectivity index (χ2v) is 7.46. The number of hydrogen-bond donors (Lipinski definition) is 0. The highest BCUT2D eigenvalue weighted by Gasteiger charge is 2.28. The number of benzene rings is 1. The van der Waals surface area contributed by atoms with E-state index in [4.69, 9.17) is 0 Å². The van der Waals surface area contributed by atoms with E-state index in [1.165, 1.54) is 24.6 Å². The van der Waals surface area contributed by atoms with E-state index in [2.05, 4.69) is 32.7 Å². The number of nitrogens with zero attached hydrogens (tertiary/aromatic N) is 2. The zero-order chi connectivity index (χ0) is 14.8. The number of piperidine rings is 1. The molecule has 0 aliphatic carbocycles. The number of carbonyl (C=O) groups is 1. The Balaban J connectivity index is 1.71. The van der Waals surface area contributed by atoms with E-state index in [9.17, 15) is 4.79 Å². The summed E-state index contributed by atoms with van der Waals surface area (Å²) in [5.41, 5.74) is 1.03. The van der Waals surface area contributed by atoms with Crippen LogP contribution in [0, 0.1) is 5.92 Å². The quantitative estimate of drug-likeness (QED) is 0.701. The maximum absolute atomic E-state index is 12.1. The minimum atomic E-state index is -0.114. The first-order valence-corrected chi connectivity index (χ1v) is 8.76. The van der Waals surface area contributed by atoms with Crippen LogP contribution in [0.15, 0.2) is 38.6 Å². The monoisotopic (exact) mass is 364 g/mol. The molecular weight excluding hydrogens is 348 g/mol. The average Bonchev–Trinajstić information content (AvgIpc) is 2.83. The first kappa shape index (κ1) is 14.9. The SMILES string of the molecule is CC1CCN(C2=NC(=O)/C(=C\c3ccc(Br)cc3)S2)CC1. The van der Waals surface area contributed by atoms with Crippen LogP contribution in [-0.2, 0) is 4.79 Å². The van der Waals surface area contributed by atoms with E-state index < -0.39 is 0 Å². The van der Waals surface area contributed by atoms with Crippen LogP contribution in [0.5, 0.6) is 0 Å². The van der Waals surface area contributed by atoms with Gasteiger partial charge in [0.1, 0.15) is 0 Å². The molecule has 1 aromatic carbocycles. The summed E-state index contributed by atoms with van der Waals surface area (Å²) in [4.78, 5) is 19.2. The van der Waals surface area contributed by atoms with E-state index in [-0.39, 0.29) is 5.91 Å². The lowest BCUT2D eigenvalue weighted by Gasteiger charge is -2.30. The number of amides is 1. The first-order valence-electron chi connectivity index (χ1n) is 7.15. The fourth-order valence-corrected chi connectivity index (χ4v) is 3.67. The number of thioether (sulfide) groups is 1. The highest BCUT2D eigenvalue weighted by Crippen LogP contribution is 2.32. The molecule has 1 fully saturated rings. The van der Waals surface area contributed by atoms with Gasteiger partial charge in [-0.2, -0.15) is 4.99 Å². The Morgan fingerprint density at radius 1 is 1.29 bits per heavy atom. The molecule has 5 heteroatoms. The number of rotatable bonds is 1. The molecule has 0 radical (unpaired) electrons. The minimum Gasteiger partial charge on any atom is -0.351 e. The molecule has 3 rings (SSSR count). The number of halogens is 1. The average molecular weight is 365 g/mol. The molecule has 0 atom stereocenters. The molecule has 1 aromatic rings. The molecule has 21 heavy (non-hydrogen) atoms. The molecule has 2 aliphatic rings. The molecule has 0 saturated carbocycles. The Kier molecular flexibility index (Phi) is 4.50. The van der Waals surface area contributed by atoms with Gasteiger partial charge in [-0.05, 0) is 54.3 Å². The summed E-state index contributed by atoms with van der Waals surface area (Å²) in [5.74, 6) is 0.665. The zero-order valence-electron chi connectivity index (χ0n) is 11.9. The summed E-state index contributed by atoms with van der Waals surface area (Å²) in [6, 6.07) is 7.94. The minimum absolute atomic E-state index is 0.114. The fraction of sp³-hybridized carbons (Fsp3) is 0.375. The largest absolute Gasteiger partial charge is 0.351 e. The smallest absolute Gasteiger partial charge is 0.286 e. The van der Waals surface area contributed by atoms with Crippen molar-refractivity contribution in [2.75, 3.05) is 13.1 Å². The molecule has 0 N–H and O–H groups in total. The van der Waals surface area contributed by atoms with Crippen molar-refractivity contribution in [2.24, 2.45) is 10.9 Å². The van der Waals surface area contributed by atoms with Crippen LogP contribution >= 0.6 is 27.7 Å². The van der Waals surface area contributed by atoms with Gasteiger partial charge in [0.2, 0.25) is 0 Å². The number of hydrogen-bond acceptors (Lipinski definition) is 3. The van der Waals surface area contributed by atoms with Crippen LogP contribution in [-0.4, -0.2) is 29.1 Å². The van der Waals surface area contributed by atoms with Crippen LogP contribution in [0.4, 0.5) is 0 Å². The van der Waals surface area contributed by atoms with Crippen LogP contribution < -0.4 is 0 Å². The van der Waals surface area contributed by atoms with Crippen molar-refractivity contribution < 1.29 is 4.79 Å². The number of aliphatic imine (C=N–C) groups is 1. The van der Waals surface area contributed by atoms with E-state index >= 15 is 0 Å². The van der Waals surface area contributed by atoms with Crippen molar-refractivity contribution in [2.45, 2.75) is 19.8 Å². The molecule has 0 spiro atoms. The zero-order valence-corrected chi connectivity index (χ0v) is 14.3. The molecule has 1 amide bonds. The van der Waals surface area contributed by atoms with Crippen molar-refractivity contribution >= 4 is 44.8 Å². The highest BCUT2D eigenvalue weighted by atomic mass is 79.9. The van der Waals surface area contributed by atoms with Gasteiger partial charge in [0, 0.05) is 17.6 Å². The summed E-state index contributed by atoms with van der Waals surface area (Å²) in [5, 5.41) is 0.871. The van der Waals surface area contributed by atoms with Crippen LogP contribution in [0.3, 0.4) is 0 Å². The lowest BCUT2D eigenvalue weighted by Crippen LogP contribution is -2.35. The second-order valence-electron chi connectivity index (χ2n) is 5.53. The molecular formula is C16H17BrN2OS. The van der Waals surface area contributed by atoms with Gasteiger partial charge in [0.15, 0.2) is 5.17 Å². The Hall–Kier alpha value is -1.07. The molecule has 0 unspecified atom stereocenters. The lowest BCUT2D eigenvalue weighted by atomic mass is 10.00.